The number of benzene rings is 1. The normalized spacial score (nSPS) is 14.1. The molecule has 1 aliphatic rings. The van der Waals surface area contributed by atoms with Crippen LogP contribution in [0.5, 0.6) is 0 Å². The summed E-state index contributed by atoms with van der Waals surface area (Å²) in [5, 5.41) is 0. The third-order valence-electron chi connectivity index (χ3n) is 3.93. The number of carbonyl (C=O) groups is 1. The van der Waals surface area contributed by atoms with Crippen LogP contribution in [-0.2, 0) is 24.4 Å². The molecule has 0 fully saturated rings. The number of hydrogen-bond acceptors (Lipinski definition) is 3. The molecule has 5 heteroatoms. The first-order chi connectivity index (χ1) is 10.2. The highest BCUT2D eigenvalue weighted by atomic mass is 16.5. The van der Waals surface area contributed by atoms with Crippen molar-refractivity contribution in [2.75, 3.05) is 13.7 Å². The molecule has 0 radical (unpaired) electrons. The van der Waals surface area contributed by atoms with Crippen molar-refractivity contribution >= 4 is 5.91 Å². The SMILES string of the molecule is COCc1ncn2c1CN(C(=O)c1ccccc1C)CC2. The van der Waals surface area contributed by atoms with E-state index < -0.39 is 0 Å². The van der Waals surface area contributed by atoms with Crippen molar-refractivity contribution in [3.63, 3.8) is 0 Å². The van der Waals surface area contributed by atoms with Gasteiger partial charge in [0, 0.05) is 25.8 Å². The largest absolute Gasteiger partial charge is 0.378 e. The van der Waals surface area contributed by atoms with E-state index in [0.717, 1.165) is 29.1 Å². The van der Waals surface area contributed by atoms with Gasteiger partial charge in [-0.15, -0.1) is 0 Å². The van der Waals surface area contributed by atoms with Gasteiger partial charge in [-0.05, 0) is 18.6 Å². The predicted octanol–water partition coefficient (Wildman–Crippen LogP) is 1.99. The lowest BCUT2D eigenvalue weighted by Crippen LogP contribution is -2.38. The number of hydrogen-bond donors (Lipinski definition) is 0. The molecule has 1 amide bonds. The van der Waals surface area contributed by atoms with Crippen molar-refractivity contribution in [2.24, 2.45) is 0 Å². The van der Waals surface area contributed by atoms with E-state index >= 15 is 0 Å². The van der Waals surface area contributed by atoms with Crippen molar-refractivity contribution < 1.29 is 9.53 Å². The number of aryl methyl sites for hydroxylation is 1. The predicted molar refractivity (Wildman–Crippen MR) is 78.9 cm³/mol. The molecule has 1 aliphatic heterocycles. The van der Waals surface area contributed by atoms with Crippen LogP contribution in [0, 0.1) is 6.92 Å². The van der Waals surface area contributed by atoms with Crippen LogP contribution in [0.15, 0.2) is 30.6 Å². The summed E-state index contributed by atoms with van der Waals surface area (Å²) in [6, 6.07) is 7.72. The van der Waals surface area contributed by atoms with Crippen molar-refractivity contribution in [1.82, 2.24) is 14.5 Å². The van der Waals surface area contributed by atoms with Crippen LogP contribution in [0.4, 0.5) is 0 Å². The number of methoxy groups -OCH3 is 1. The Hall–Kier alpha value is -2.14. The lowest BCUT2D eigenvalue weighted by Gasteiger charge is -2.29. The average molecular weight is 285 g/mol. The molecule has 1 aromatic carbocycles. The fraction of sp³-hybridized carbons (Fsp3) is 0.375. The van der Waals surface area contributed by atoms with Crippen LogP contribution in [0.3, 0.4) is 0 Å². The first-order valence-corrected chi connectivity index (χ1v) is 7.07. The molecular weight excluding hydrogens is 266 g/mol. The molecule has 0 spiro atoms. The monoisotopic (exact) mass is 285 g/mol. The summed E-state index contributed by atoms with van der Waals surface area (Å²) in [4.78, 5) is 18.9. The van der Waals surface area contributed by atoms with Gasteiger partial charge in [0.05, 0.1) is 30.9 Å². The molecule has 0 N–H and O–H groups in total. The molecule has 1 aromatic heterocycles. The van der Waals surface area contributed by atoms with Crippen molar-refractivity contribution in [3.05, 3.63) is 53.1 Å². The second kappa shape index (κ2) is 5.69. The van der Waals surface area contributed by atoms with Gasteiger partial charge in [0.25, 0.3) is 5.91 Å². The Kier molecular flexibility index (Phi) is 3.75. The number of carbonyl (C=O) groups excluding carboxylic acids is 1. The molecule has 110 valence electrons. The molecule has 0 atom stereocenters. The maximum Gasteiger partial charge on any atom is 0.254 e. The van der Waals surface area contributed by atoms with Gasteiger partial charge in [-0.1, -0.05) is 18.2 Å². The van der Waals surface area contributed by atoms with E-state index in [4.69, 9.17) is 4.74 Å². The van der Waals surface area contributed by atoms with Gasteiger partial charge in [0.15, 0.2) is 0 Å². The highest BCUT2D eigenvalue weighted by molar-refractivity contribution is 5.95. The summed E-state index contributed by atoms with van der Waals surface area (Å²) in [6.07, 6.45) is 1.83. The lowest BCUT2D eigenvalue weighted by molar-refractivity contribution is 0.0707. The van der Waals surface area contributed by atoms with Crippen LogP contribution in [0.2, 0.25) is 0 Å². The maximum atomic E-state index is 12.7. The summed E-state index contributed by atoms with van der Waals surface area (Å²) in [6.45, 7) is 4.53. The molecular formula is C16H19N3O2. The van der Waals surface area contributed by atoms with E-state index in [2.05, 4.69) is 9.55 Å². The topological polar surface area (TPSA) is 47.4 Å². The Morgan fingerprint density at radius 1 is 1.33 bits per heavy atom. The van der Waals surface area contributed by atoms with Crippen molar-refractivity contribution in [1.29, 1.82) is 0 Å². The van der Waals surface area contributed by atoms with E-state index in [1.807, 2.05) is 42.4 Å². The number of amides is 1. The molecule has 3 rings (SSSR count). The summed E-state index contributed by atoms with van der Waals surface area (Å²) in [5.41, 5.74) is 3.78. The van der Waals surface area contributed by atoms with E-state index in [1.165, 1.54) is 0 Å². The van der Waals surface area contributed by atoms with E-state index in [1.54, 1.807) is 7.11 Å². The smallest absolute Gasteiger partial charge is 0.254 e. The van der Waals surface area contributed by atoms with Crippen LogP contribution in [0.1, 0.15) is 27.3 Å². The Morgan fingerprint density at radius 3 is 2.90 bits per heavy atom. The van der Waals surface area contributed by atoms with Crippen LogP contribution >= 0.6 is 0 Å². The highest BCUT2D eigenvalue weighted by Gasteiger charge is 2.25. The molecule has 2 heterocycles. The second-order valence-electron chi connectivity index (χ2n) is 5.31. The van der Waals surface area contributed by atoms with Gasteiger partial charge in [0.1, 0.15) is 0 Å². The molecule has 0 saturated heterocycles. The minimum absolute atomic E-state index is 0.0870. The van der Waals surface area contributed by atoms with Gasteiger partial charge in [-0.25, -0.2) is 4.98 Å². The molecule has 2 aromatic rings. The molecule has 0 unspecified atom stereocenters. The number of aromatic nitrogens is 2. The zero-order valence-electron chi connectivity index (χ0n) is 12.4. The minimum atomic E-state index is 0.0870. The molecule has 0 saturated carbocycles. The fourth-order valence-electron chi connectivity index (χ4n) is 2.73. The summed E-state index contributed by atoms with van der Waals surface area (Å²) >= 11 is 0. The van der Waals surface area contributed by atoms with Gasteiger partial charge in [-0.2, -0.15) is 0 Å². The van der Waals surface area contributed by atoms with Crippen molar-refractivity contribution in [3.8, 4) is 0 Å². The Morgan fingerprint density at radius 2 is 2.14 bits per heavy atom. The third kappa shape index (κ3) is 2.56. The quantitative estimate of drug-likeness (QED) is 0.866. The fourth-order valence-corrected chi connectivity index (χ4v) is 2.73. The van der Waals surface area contributed by atoms with Gasteiger partial charge < -0.3 is 14.2 Å². The van der Waals surface area contributed by atoms with E-state index in [-0.39, 0.29) is 5.91 Å². The second-order valence-corrected chi connectivity index (χ2v) is 5.31. The van der Waals surface area contributed by atoms with E-state index in [9.17, 15) is 4.79 Å². The molecule has 5 nitrogen and oxygen atoms in total. The average Bonchev–Trinajstić information content (AvgIpc) is 2.90. The van der Waals surface area contributed by atoms with Crippen molar-refractivity contribution in [2.45, 2.75) is 26.6 Å². The Balaban J connectivity index is 1.84. The number of imidazole rings is 1. The summed E-state index contributed by atoms with van der Waals surface area (Å²) in [5.74, 6) is 0.0870. The number of ether oxygens (including phenoxy) is 1. The zero-order chi connectivity index (χ0) is 14.8. The number of fused-ring (bicyclic) bond motifs is 1. The first kappa shape index (κ1) is 13.8. The summed E-state index contributed by atoms with van der Waals surface area (Å²) in [7, 11) is 1.66. The highest BCUT2D eigenvalue weighted by Crippen LogP contribution is 2.20. The van der Waals surface area contributed by atoms with Crippen LogP contribution < -0.4 is 0 Å². The van der Waals surface area contributed by atoms with Gasteiger partial charge in [0.2, 0.25) is 0 Å². The first-order valence-electron chi connectivity index (χ1n) is 7.07. The number of rotatable bonds is 3. The lowest BCUT2D eigenvalue weighted by atomic mass is 10.1. The minimum Gasteiger partial charge on any atom is -0.378 e. The van der Waals surface area contributed by atoms with Crippen LogP contribution in [-0.4, -0.2) is 34.0 Å². The maximum absolute atomic E-state index is 12.7. The third-order valence-corrected chi connectivity index (χ3v) is 3.93. The molecule has 0 bridgehead atoms. The Bertz CT molecular complexity index is 663. The van der Waals surface area contributed by atoms with E-state index in [0.29, 0.717) is 19.7 Å². The van der Waals surface area contributed by atoms with Gasteiger partial charge >= 0.3 is 0 Å². The standard InChI is InChI=1S/C16H19N3O2/c1-12-5-3-4-6-13(12)16(20)18-7-8-19-11-17-14(10-21-2)15(19)9-18/h3-6,11H,7-10H2,1-2H3. The van der Waals surface area contributed by atoms with Gasteiger partial charge in [-0.3, -0.25) is 4.79 Å². The Labute approximate surface area is 124 Å². The number of nitrogens with zero attached hydrogens (tertiary/aromatic N) is 3. The van der Waals surface area contributed by atoms with Crippen LogP contribution in [0.25, 0.3) is 0 Å². The summed E-state index contributed by atoms with van der Waals surface area (Å²) < 4.78 is 7.28. The molecule has 0 aliphatic carbocycles. The zero-order valence-corrected chi connectivity index (χ0v) is 12.4. The molecule has 21 heavy (non-hydrogen) atoms.